The highest BCUT2D eigenvalue weighted by Gasteiger charge is 2.26. The zero-order valence-electron chi connectivity index (χ0n) is 12.2. The summed E-state index contributed by atoms with van der Waals surface area (Å²) in [6, 6.07) is 18.2. The molecule has 3 aromatic rings. The minimum Gasteiger partial charge on any atom is -0.497 e. The maximum absolute atomic E-state index is 10.9. The van der Waals surface area contributed by atoms with E-state index in [0.29, 0.717) is 6.42 Å². The van der Waals surface area contributed by atoms with Gasteiger partial charge in [0.2, 0.25) is 0 Å². The van der Waals surface area contributed by atoms with E-state index in [0.717, 1.165) is 16.2 Å². The second-order valence-electron chi connectivity index (χ2n) is 5.45. The van der Waals surface area contributed by atoms with Crippen LogP contribution < -0.4 is 4.74 Å². The maximum Gasteiger partial charge on any atom is 0.119 e. The van der Waals surface area contributed by atoms with E-state index >= 15 is 0 Å². The lowest BCUT2D eigenvalue weighted by atomic mass is 9.94. The third kappa shape index (κ3) is 2.94. The van der Waals surface area contributed by atoms with E-state index in [1.165, 1.54) is 10.1 Å². The SMILES string of the molecule is COc1cccc(CC(C)(O)c2cc3ccccc3s2)c1. The van der Waals surface area contributed by atoms with Gasteiger partial charge in [0.05, 0.1) is 12.7 Å². The molecule has 3 heteroatoms. The van der Waals surface area contributed by atoms with Gasteiger partial charge in [0.15, 0.2) is 0 Å². The van der Waals surface area contributed by atoms with Crippen molar-refractivity contribution in [1.29, 1.82) is 0 Å². The molecule has 0 aliphatic carbocycles. The van der Waals surface area contributed by atoms with Crippen LogP contribution in [0.25, 0.3) is 10.1 Å². The van der Waals surface area contributed by atoms with Gasteiger partial charge < -0.3 is 9.84 Å². The maximum atomic E-state index is 10.9. The molecule has 0 aliphatic heterocycles. The number of hydrogen-bond acceptors (Lipinski definition) is 3. The number of rotatable bonds is 4. The number of thiophene rings is 1. The molecule has 0 saturated carbocycles. The summed E-state index contributed by atoms with van der Waals surface area (Å²) in [4.78, 5) is 0.992. The van der Waals surface area contributed by atoms with Gasteiger partial charge in [-0.25, -0.2) is 0 Å². The average Bonchev–Trinajstić information content (AvgIpc) is 2.92. The summed E-state index contributed by atoms with van der Waals surface area (Å²) in [5, 5.41) is 12.1. The first-order valence-electron chi connectivity index (χ1n) is 6.93. The van der Waals surface area contributed by atoms with Gasteiger partial charge in [0.1, 0.15) is 5.75 Å². The van der Waals surface area contributed by atoms with Crippen LogP contribution in [0.4, 0.5) is 0 Å². The molecule has 0 bridgehead atoms. The predicted molar refractivity (Wildman–Crippen MR) is 88.1 cm³/mol. The molecule has 0 fully saturated rings. The van der Waals surface area contributed by atoms with E-state index in [2.05, 4.69) is 18.2 Å². The third-order valence-corrected chi connectivity index (χ3v) is 5.01. The lowest BCUT2D eigenvalue weighted by Gasteiger charge is -2.22. The summed E-state index contributed by atoms with van der Waals surface area (Å²) in [5.41, 5.74) is 0.188. The number of ether oxygens (including phenoxy) is 1. The van der Waals surface area contributed by atoms with Crippen molar-refractivity contribution in [2.45, 2.75) is 18.9 Å². The first kappa shape index (κ1) is 14.1. The smallest absolute Gasteiger partial charge is 0.119 e. The van der Waals surface area contributed by atoms with Crippen LogP contribution in [-0.4, -0.2) is 12.2 Å². The molecular formula is C18H18O2S. The van der Waals surface area contributed by atoms with Gasteiger partial charge in [-0.15, -0.1) is 11.3 Å². The highest BCUT2D eigenvalue weighted by Crippen LogP contribution is 2.35. The number of aliphatic hydroxyl groups is 1. The quantitative estimate of drug-likeness (QED) is 0.775. The number of benzene rings is 2. The lowest BCUT2D eigenvalue weighted by molar-refractivity contribution is 0.0615. The topological polar surface area (TPSA) is 29.5 Å². The Bertz CT molecular complexity index is 726. The van der Waals surface area contributed by atoms with Crippen LogP contribution in [0.15, 0.2) is 54.6 Å². The first-order chi connectivity index (χ1) is 10.1. The Morgan fingerprint density at radius 3 is 2.67 bits per heavy atom. The van der Waals surface area contributed by atoms with E-state index < -0.39 is 5.60 Å². The number of fused-ring (bicyclic) bond motifs is 1. The van der Waals surface area contributed by atoms with Crippen LogP contribution in [-0.2, 0) is 12.0 Å². The monoisotopic (exact) mass is 298 g/mol. The van der Waals surface area contributed by atoms with Gasteiger partial charge in [-0.1, -0.05) is 30.3 Å². The summed E-state index contributed by atoms with van der Waals surface area (Å²) in [7, 11) is 1.66. The Morgan fingerprint density at radius 1 is 1.10 bits per heavy atom. The molecule has 0 radical (unpaired) electrons. The Labute approximate surface area is 128 Å². The van der Waals surface area contributed by atoms with Gasteiger partial charge in [0, 0.05) is 16.0 Å². The van der Waals surface area contributed by atoms with Crippen LogP contribution >= 0.6 is 11.3 Å². The van der Waals surface area contributed by atoms with E-state index in [-0.39, 0.29) is 0 Å². The summed E-state index contributed by atoms with van der Waals surface area (Å²) in [6.07, 6.45) is 0.566. The van der Waals surface area contributed by atoms with E-state index in [4.69, 9.17) is 4.74 Å². The highest BCUT2D eigenvalue weighted by atomic mass is 32.1. The Balaban J connectivity index is 1.91. The molecular weight excluding hydrogens is 280 g/mol. The van der Waals surface area contributed by atoms with Crippen LogP contribution in [0, 0.1) is 0 Å². The van der Waals surface area contributed by atoms with Crippen LogP contribution in [0.2, 0.25) is 0 Å². The van der Waals surface area contributed by atoms with Crippen molar-refractivity contribution in [2.24, 2.45) is 0 Å². The second kappa shape index (κ2) is 5.51. The number of hydrogen-bond donors (Lipinski definition) is 1. The molecule has 0 spiro atoms. The molecule has 2 nitrogen and oxygen atoms in total. The molecule has 0 aliphatic rings. The standard InChI is InChI=1S/C18H18O2S/c1-18(19,12-13-6-5-8-15(10-13)20-2)17-11-14-7-3-4-9-16(14)21-17/h3-11,19H,12H2,1-2H3. The fourth-order valence-corrected chi connectivity index (χ4v) is 3.62. The fraction of sp³-hybridized carbons (Fsp3) is 0.222. The molecule has 0 saturated heterocycles. The normalized spacial score (nSPS) is 14.0. The van der Waals surface area contributed by atoms with Crippen LogP contribution in [0.3, 0.4) is 0 Å². The van der Waals surface area contributed by atoms with Crippen LogP contribution in [0.5, 0.6) is 5.75 Å². The van der Waals surface area contributed by atoms with Gasteiger partial charge in [0.25, 0.3) is 0 Å². The summed E-state index contributed by atoms with van der Waals surface area (Å²) >= 11 is 1.65. The van der Waals surface area contributed by atoms with E-state index in [1.807, 2.05) is 43.3 Å². The Hall–Kier alpha value is -1.84. The van der Waals surface area contributed by atoms with Gasteiger partial charge >= 0.3 is 0 Å². The molecule has 1 aromatic heterocycles. The van der Waals surface area contributed by atoms with Crippen molar-refractivity contribution in [1.82, 2.24) is 0 Å². The zero-order chi connectivity index (χ0) is 14.9. The summed E-state index contributed by atoms with van der Waals surface area (Å²) in [6.45, 7) is 1.87. The van der Waals surface area contributed by atoms with Crippen molar-refractivity contribution in [3.63, 3.8) is 0 Å². The Morgan fingerprint density at radius 2 is 1.90 bits per heavy atom. The van der Waals surface area contributed by atoms with E-state index in [9.17, 15) is 5.11 Å². The van der Waals surface area contributed by atoms with Gasteiger partial charge in [-0.2, -0.15) is 0 Å². The summed E-state index contributed by atoms with van der Waals surface area (Å²) < 4.78 is 6.45. The number of methoxy groups -OCH3 is 1. The first-order valence-corrected chi connectivity index (χ1v) is 7.74. The van der Waals surface area contributed by atoms with Gasteiger partial charge in [-0.3, -0.25) is 0 Å². The van der Waals surface area contributed by atoms with Crippen molar-refractivity contribution in [3.05, 3.63) is 65.0 Å². The average molecular weight is 298 g/mol. The lowest BCUT2D eigenvalue weighted by Crippen LogP contribution is -2.22. The minimum absolute atomic E-state index is 0.566. The molecule has 1 atom stereocenters. The molecule has 3 rings (SSSR count). The molecule has 2 aromatic carbocycles. The largest absolute Gasteiger partial charge is 0.497 e. The van der Waals surface area contributed by atoms with Crippen LogP contribution in [0.1, 0.15) is 17.4 Å². The second-order valence-corrected chi connectivity index (χ2v) is 6.53. The highest BCUT2D eigenvalue weighted by molar-refractivity contribution is 7.19. The molecule has 1 N–H and O–H groups in total. The molecule has 108 valence electrons. The third-order valence-electron chi connectivity index (χ3n) is 3.64. The van der Waals surface area contributed by atoms with Crippen molar-refractivity contribution in [3.8, 4) is 5.75 Å². The molecule has 0 amide bonds. The molecule has 21 heavy (non-hydrogen) atoms. The van der Waals surface area contributed by atoms with Gasteiger partial charge in [-0.05, 0) is 42.1 Å². The minimum atomic E-state index is -0.879. The van der Waals surface area contributed by atoms with E-state index in [1.54, 1.807) is 18.4 Å². The zero-order valence-corrected chi connectivity index (χ0v) is 13.0. The predicted octanol–water partition coefficient (Wildman–Crippen LogP) is 4.36. The molecule has 1 heterocycles. The van der Waals surface area contributed by atoms with Crippen molar-refractivity contribution in [2.75, 3.05) is 7.11 Å². The van der Waals surface area contributed by atoms with Crippen molar-refractivity contribution >= 4 is 21.4 Å². The van der Waals surface area contributed by atoms with Crippen molar-refractivity contribution < 1.29 is 9.84 Å². The summed E-state index contributed by atoms with van der Waals surface area (Å²) in [5.74, 6) is 0.819. The molecule has 1 unspecified atom stereocenters. The fourth-order valence-electron chi connectivity index (χ4n) is 2.51. The Kier molecular flexibility index (Phi) is 3.70.